The van der Waals surface area contributed by atoms with Gasteiger partial charge < -0.3 is 15.2 Å². The fourth-order valence-electron chi connectivity index (χ4n) is 2.92. The second-order valence-electron chi connectivity index (χ2n) is 6.14. The number of hydrogen-bond acceptors (Lipinski definition) is 5. The summed E-state index contributed by atoms with van der Waals surface area (Å²) in [5.74, 6) is 0.796. The van der Waals surface area contributed by atoms with Crippen LogP contribution in [0.1, 0.15) is 35.5 Å². The van der Waals surface area contributed by atoms with E-state index in [0.29, 0.717) is 13.2 Å². The Morgan fingerprint density at radius 3 is 2.88 bits per heavy atom. The molecule has 2 N–H and O–H groups in total. The first-order valence-corrected chi connectivity index (χ1v) is 8.47. The molecule has 1 aromatic carbocycles. The maximum Gasteiger partial charge on any atom is 0.155 e. The molecule has 3 rings (SSSR count). The molecule has 0 bridgehead atoms. The van der Waals surface area contributed by atoms with Crippen LogP contribution in [-0.2, 0) is 6.54 Å². The van der Waals surface area contributed by atoms with Gasteiger partial charge in [0.05, 0.1) is 12.3 Å². The van der Waals surface area contributed by atoms with Crippen LogP contribution in [0.4, 0.5) is 0 Å². The van der Waals surface area contributed by atoms with E-state index in [1.165, 1.54) is 0 Å². The Bertz CT molecular complexity index is 860. The molecule has 0 amide bonds. The summed E-state index contributed by atoms with van der Waals surface area (Å²) in [6, 6.07) is 9.96. The summed E-state index contributed by atoms with van der Waals surface area (Å²) in [6.45, 7) is 7.12. The zero-order valence-electron chi connectivity index (χ0n) is 14.9. The van der Waals surface area contributed by atoms with Crippen molar-refractivity contribution in [3.8, 4) is 5.75 Å². The van der Waals surface area contributed by atoms with Crippen molar-refractivity contribution in [1.29, 1.82) is 0 Å². The van der Waals surface area contributed by atoms with Gasteiger partial charge in [-0.3, -0.25) is 0 Å². The minimum Gasteiger partial charge on any atom is -0.491 e. The Morgan fingerprint density at radius 2 is 2.08 bits per heavy atom. The van der Waals surface area contributed by atoms with Crippen LogP contribution in [0.5, 0.6) is 5.75 Å². The molecule has 3 aromatic rings. The number of aliphatic hydroxyl groups excluding tert-OH is 1. The average molecular weight is 340 g/mol. The molecule has 0 aliphatic rings. The van der Waals surface area contributed by atoms with Crippen molar-refractivity contribution in [3.63, 3.8) is 0 Å². The van der Waals surface area contributed by atoms with Crippen LogP contribution in [0.2, 0.25) is 0 Å². The fourth-order valence-corrected chi connectivity index (χ4v) is 2.92. The van der Waals surface area contributed by atoms with Crippen molar-refractivity contribution in [1.82, 2.24) is 19.9 Å². The number of nitrogens with zero attached hydrogens (tertiary/aromatic N) is 3. The number of ether oxygens (including phenoxy) is 1. The molecular formula is C19H24N4O2. The number of aryl methyl sites for hydroxylation is 2. The lowest BCUT2D eigenvalue weighted by Crippen LogP contribution is -2.21. The van der Waals surface area contributed by atoms with E-state index in [0.717, 1.165) is 33.9 Å². The SMILES string of the molecule is Cc1cc2ncc(C(C)NCc3ccccc3OCCO)c(C)n2n1. The summed E-state index contributed by atoms with van der Waals surface area (Å²) in [5, 5.41) is 17.0. The summed E-state index contributed by atoms with van der Waals surface area (Å²) in [6.07, 6.45) is 1.91. The molecule has 132 valence electrons. The second kappa shape index (κ2) is 7.63. The Labute approximate surface area is 147 Å². The first kappa shape index (κ1) is 17.4. The molecule has 1 atom stereocenters. The summed E-state index contributed by atoms with van der Waals surface area (Å²) >= 11 is 0. The highest BCUT2D eigenvalue weighted by Gasteiger charge is 2.13. The maximum absolute atomic E-state index is 8.95. The smallest absolute Gasteiger partial charge is 0.155 e. The lowest BCUT2D eigenvalue weighted by Gasteiger charge is -2.18. The average Bonchev–Trinajstić information content (AvgIpc) is 3.00. The predicted octanol–water partition coefficient (Wildman–Crippen LogP) is 2.57. The molecule has 6 heteroatoms. The van der Waals surface area contributed by atoms with Crippen LogP contribution in [0, 0.1) is 13.8 Å². The van der Waals surface area contributed by atoms with Gasteiger partial charge in [0, 0.05) is 41.7 Å². The highest BCUT2D eigenvalue weighted by atomic mass is 16.5. The van der Waals surface area contributed by atoms with Gasteiger partial charge in [0.1, 0.15) is 12.4 Å². The number of aliphatic hydroxyl groups is 1. The largest absolute Gasteiger partial charge is 0.491 e. The number of hydrogen-bond donors (Lipinski definition) is 2. The van der Waals surface area contributed by atoms with Gasteiger partial charge in [-0.25, -0.2) is 9.50 Å². The minimum absolute atomic E-state index is 0.00628. The molecule has 0 saturated heterocycles. The Balaban J connectivity index is 1.75. The van der Waals surface area contributed by atoms with E-state index in [1.54, 1.807) is 0 Å². The first-order chi connectivity index (χ1) is 12.1. The summed E-state index contributed by atoms with van der Waals surface area (Å²) in [4.78, 5) is 4.50. The monoisotopic (exact) mass is 340 g/mol. The number of fused-ring (bicyclic) bond motifs is 1. The zero-order valence-corrected chi connectivity index (χ0v) is 14.9. The van der Waals surface area contributed by atoms with Crippen LogP contribution in [0.25, 0.3) is 5.65 Å². The summed E-state index contributed by atoms with van der Waals surface area (Å²) in [5.41, 5.74) is 5.09. The van der Waals surface area contributed by atoms with E-state index in [4.69, 9.17) is 9.84 Å². The summed E-state index contributed by atoms with van der Waals surface area (Å²) in [7, 11) is 0. The van der Waals surface area contributed by atoms with E-state index in [1.807, 2.05) is 48.0 Å². The van der Waals surface area contributed by atoms with Crippen LogP contribution in [0.15, 0.2) is 36.5 Å². The number of para-hydroxylation sites is 1. The van der Waals surface area contributed by atoms with E-state index < -0.39 is 0 Å². The third kappa shape index (κ3) is 3.81. The molecule has 0 aliphatic heterocycles. The number of nitrogens with one attached hydrogen (secondary N) is 1. The Kier molecular flexibility index (Phi) is 5.31. The number of benzene rings is 1. The second-order valence-corrected chi connectivity index (χ2v) is 6.14. The fraction of sp³-hybridized carbons (Fsp3) is 0.368. The molecule has 0 fully saturated rings. The molecule has 2 aromatic heterocycles. The van der Waals surface area contributed by atoms with E-state index in [9.17, 15) is 0 Å². The quantitative estimate of drug-likeness (QED) is 0.692. The molecule has 0 radical (unpaired) electrons. The van der Waals surface area contributed by atoms with Gasteiger partial charge in [0.15, 0.2) is 5.65 Å². The Hall–Kier alpha value is -2.44. The molecule has 25 heavy (non-hydrogen) atoms. The van der Waals surface area contributed by atoms with Crippen LogP contribution >= 0.6 is 0 Å². The topological polar surface area (TPSA) is 71.7 Å². The van der Waals surface area contributed by atoms with Crippen molar-refractivity contribution in [2.24, 2.45) is 0 Å². The molecule has 2 heterocycles. The van der Waals surface area contributed by atoms with Gasteiger partial charge in [-0.15, -0.1) is 0 Å². The van der Waals surface area contributed by atoms with Crippen LogP contribution in [0.3, 0.4) is 0 Å². The van der Waals surface area contributed by atoms with Crippen LogP contribution < -0.4 is 10.1 Å². The van der Waals surface area contributed by atoms with Gasteiger partial charge >= 0.3 is 0 Å². The summed E-state index contributed by atoms with van der Waals surface area (Å²) < 4.78 is 7.48. The van der Waals surface area contributed by atoms with E-state index in [-0.39, 0.29) is 12.6 Å². The lowest BCUT2D eigenvalue weighted by atomic mass is 10.1. The lowest BCUT2D eigenvalue weighted by molar-refractivity contribution is 0.200. The predicted molar refractivity (Wildman–Crippen MR) is 96.7 cm³/mol. The standard InChI is InChI=1S/C19H24N4O2/c1-13-10-19-21-12-17(15(3)23(19)22-13)14(2)20-11-16-6-4-5-7-18(16)25-9-8-24/h4-7,10,12,14,20,24H,8-9,11H2,1-3H3. The maximum atomic E-state index is 8.95. The van der Waals surface area contributed by atoms with Gasteiger partial charge in [0.25, 0.3) is 0 Å². The van der Waals surface area contributed by atoms with E-state index >= 15 is 0 Å². The number of rotatable bonds is 7. The minimum atomic E-state index is 0.00628. The first-order valence-electron chi connectivity index (χ1n) is 8.47. The third-order valence-electron chi connectivity index (χ3n) is 4.27. The molecule has 6 nitrogen and oxygen atoms in total. The van der Waals surface area contributed by atoms with Crippen molar-refractivity contribution in [2.45, 2.75) is 33.4 Å². The van der Waals surface area contributed by atoms with Gasteiger partial charge in [-0.1, -0.05) is 18.2 Å². The van der Waals surface area contributed by atoms with Crippen molar-refractivity contribution < 1.29 is 9.84 Å². The molecule has 1 unspecified atom stereocenters. The third-order valence-corrected chi connectivity index (χ3v) is 4.27. The highest BCUT2D eigenvalue weighted by Crippen LogP contribution is 2.21. The van der Waals surface area contributed by atoms with Crippen molar-refractivity contribution in [3.05, 3.63) is 59.0 Å². The normalized spacial score (nSPS) is 12.5. The van der Waals surface area contributed by atoms with Crippen molar-refractivity contribution in [2.75, 3.05) is 13.2 Å². The Morgan fingerprint density at radius 1 is 1.28 bits per heavy atom. The van der Waals surface area contributed by atoms with Gasteiger partial charge in [0.2, 0.25) is 0 Å². The zero-order chi connectivity index (χ0) is 17.8. The molecule has 0 aliphatic carbocycles. The van der Waals surface area contributed by atoms with Crippen molar-refractivity contribution >= 4 is 5.65 Å². The molecule has 0 spiro atoms. The van der Waals surface area contributed by atoms with Crippen LogP contribution in [-0.4, -0.2) is 32.9 Å². The highest BCUT2D eigenvalue weighted by molar-refractivity contribution is 5.42. The van der Waals surface area contributed by atoms with E-state index in [2.05, 4.69) is 29.2 Å². The van der Waals surface area contributed by atoms with Gasteiger partial charge in [-0.2, -0.15) is 5.10 Å². The van der Waals surface area contributed by atoms with Gasteiger partial charge in [-0.05, 0) is 26.8 Å². The number of aromatic nitrogens is 3. The molecule has 0 saturated carbocycles. The molecular weight excluding hydrogens is 316 g/mol.